The van der Waals surface area contributed by atoms with Crippen LogP contribution in [0.3, 0.4) is 0 Å². The van der Waals surface area contributed by atoms with E-state index in [9.17, 15) is 0 Å². The SMILES string of the molecule is NNC(c1cc(Cl)cc(Cl)c1)c1ccc2ncccc2c1. The van der Waals surface area contributed by atoms with Gasteiger partial charge in [0.15, 0.2) is 0 Å². The van der Waals surface area contributed by atoms with Gasteiger partial charge in [-0.05, 0) is 47.5 Å². The zero-order valence-electron chi connectivity index (χ0n) is 11.1. The third kappa shape index (κ3) is 3.01. The van der Waals surface area contributed by atoms with Gasteiger partial charge in [0, 0.05) is 21.6 Å². The summed E-state index contributed by atoms with van der Waals surface area (Å²) in [6.07, 6.45) is 1.78. The van der Waals surface area contributed by atoms with E-state index in [1.807, 2.05) is 36.4 Å². The maximum Gasteiger partial charge on any atom is 0.0711 e. The van der Waals surface area contributed by atoms with Crippen LogP contribution in [0.5, 0.6) is 0 Å². The van der Waals surface area contributed by atoms with Crippen molar-refractivity contribution in [1.82, 2.24) is 10.4 Å². The first-order valence-corrected chi connectivity index (χ1v) is 7.20. The molecule has 3 N–H and O–H groups in total. The van der Waals surface area contributed by atoms with Gasteiger partial charge in [-0.25, -0.2) is 5.43 Å². The summed E-state index contributed by atoms with van der Waals surface area (Å²) in [6.45, 7) is 0. The number of nitrogens with one attached hydrogen (secondary N) is 1. The number of hydrogen-bond donors (Lipinski definition) is 2. The van der Waals surface area contributed by atoms with Crippen molar-refractivity contribution >= 4 is 34.1 Å². The molecule has 2 aromatic carbocycles. The second kappa shape index (κ2) is 6.00. The Morgan fingerprint density at radius 3 is 2.43 bits per heavy atom. The molecule has 3 nitrogen and oxygen atoms in total. The van der Waals surface area contributed by atoms with Gasteiger partial charge in [0.1, 0.15) is 0 Å². The van der Waals surface area contributed by atoms with E-state index in [1.54, 1.807) is 12.3 Å². The van der Waals surface area contributed by atoms with E-state index in [-0.39, 0.29) is 6.04 Å². The highest BCUT2D eigenvalue weighted by atomic mass is 35.5. The monoisotopic (exact) mass is 317 g/mol. The second-order valence-electron chi connectivity index (χ2n) is 4.76. The smallest absolute Gasteiger partial charge is 0.0711 e. The van der Waals surface area contributed by atoms with Gasteiger partial charge in [0.2, 0.25) is 0 Å². The molecule has 3 aromatic rings. The molecule has 0 saturated heterocycles. The number of hydrazine groups is 1. The third-order valence-corrected chi connectivity index (χ3v) is 3.78. The molecule has 0 radical (unpaired) electrons. The molecule has 1 atom stereocenters. The summed E-state index contributed by atoms with van der Waals surface area (Å²) in [5, 5.41) is 2.23. The largest absolute Gasteiger partial charge is 0.271 e. The van der Waals surface area contributed by atoms with Crippen LogP contribution in [0, 0.1) is 0 Å². The number of pyridine rings is 1. The van der Waals surface area contributed by atoms with Crippen molar-refractivity contribution in [2.75, 3.05) is 0 Å². The molecule has 1 heterocycles. The first kappa shape index (κ1) is 14.3. The molecule has 1 unspecified atom stereocenters. The van der Waals surface area contributed by atoms with Gasteiger partial charge in [-0.2, -0.15) is 0 Å². The van der Waals surface area contributed by atoms with Gasteiger partial charge in [-0.1, -0.05) is 35.3 Å². The van der Waals surface area contributed by atoms with Crippen molar-refractivity contribution in [2.45, 2.75) is 6.04 Å². The lowest BCUT2D eigenvalue weighted by atomic mass is 9.98. The number of aromatic nitrogens is 1. The van der Waals surface area contributed by atoms with Crippen LogP contribution in [-0.4, -0.2) is 4.98 Å². The number of halogens is 2. The lowest BCUT2D eigenvalue weighted by molar-refractivity contribution is 0.637. The Labute approximate surface area is 132 Å². The van der Waals surface area contributed by atoms with Gasteiger partial charge in [-0.3, -0.25) is 10.8 Å². The predicted molar refractivity (Wildman–Crippen MR) is 87.4 cm³/mol. The normalized spacial score (nSPS) is 12.5. The van der Waals surface area contributed by atoms with E-state index in [4.69, 9.17) is 29.0 Å². The number of rotatable bonds is 3. The van der Waals surface area contributed by atoms with Crippen LogP contribution in [0.1, 0.15) is 17.2 Å². The molecule has 0 bridgehead atoms. The van der Waals surface area contributed by atoms with Crippen LogP contribution in [0.15, 0.2) is 54.7 Å². The zero-order valence-corrected chi connectivity index (χ0v) is 12.6. The highest BCUT2D eigenvalue weighted by molar-refractivity contribution is 6.34. The van der Waals surface area contributed by atoms with Crippen molar-refractivity contribution in [3.8, 4) is 0 Å². The summed E-state index contributed by atoms with van der Waals surface area (Å²) in [7, 11) is 0. The Morgan fingerprint density at radius 2 is 1.71 bits per heavy atom. The fourth-order valence-corrected chi connectivity index (χ4v) is 2.94. The Hall–Kier alpha value is -1.65. The minimum Gasteiger partial charge on any atom is -0.271 e. The van der Waals surface area contributed by atoms with Crippen LogP contribution < -0.4 is 11.3 Å². The summed E-state index contributed by atoms with van der Waals surface area (Å²) in [5.74, 6) is 5.73. The minimum absolute atomic E-state index is 0.189. The number of hydrogen-bond acceptors (Lipinski definition) is 3. The third-order valence-electron chi connectivity index (χ3n) is 3.35. The predicted octanol–water partition coefficient (Wildman–Crippen LogP) is 4.09. The fraction of sp³-hybridized carbons (Fsp3) is 0.0625. The molecular weight excluding hydrogens is 305 g/mol. The quantitative estimate of drug-likeness (QED) is 0.565. The lowest BCUT2D eigenvalue weighted by Gasteiger charge is -2.18. The van der Waals surface area contributed by atoms with Crippen LogP contribution in [0.4, 0.5) is 0 Å². The molecule has 0 spiro atoms. The van der Waals surface area contributed by atoms with Gasteiger partial charge in [-0.15, -0.1) is 0 Å². The van der Waals surface area contributed by atoms with Crippen LogP contribution in [-0.2, 0) is 0 Å². The summed E-state index contributed by atoms with van der Waals surface area (Å²) in [6, 6.07) is 15.2. The zero-order chi connectivity index (χ0) is 14.8. The fourth-order valence-electron chi connectivity index (χ4n) is 2.40. The number of nitrogens with two attached hydrogens (primary N) is 1. The molecule has 21 heavy (non-hydrogen) atoms. The highest BCUT2D eigenvalue weighted by Crippen LogP contribution is 2.28. The molecule has 0 amide bonds. The molecule has 5 heteroatoms. The van der Waals surface area contributed by atoms with Crippen molar-refractivity contribution in [3.05, 3.63) is 75.9 Å². The average Bonchev–Trinajstić information content (AvgIpc) is 2.47. The lowest BCUT2D eigenvalue weighted by Crippen LogP contribution is -2.28. The van der Waals surface area contributed by atoms with Crippen molar-refractivity contribution in [3.63, 3.8) is 0 Å². The molecule has 0 aliphatic heterocycles. The standard InChI is InChI=1S/C16H13Cl2N3/c17-13-7-12(8-14(18)9-13)16(21-19)11-3-4-15-10(6-11)2-1-5-20-15/h1-9,16,21H,19H2. The molecule has 0 saturated carbocycles. The number of fused-ring (bicyclic) bond motifs is 1. The van der Waals surface area contributed by atoms with E-state index in [0.717, 1.165) is 22.0 Å². The Bertz CT molecular complexity index is 769. The maximum absolute atomic E-state index is 6.07. The van der Waals surface area contributed by atoms with E-state index >= 15 is 0 Å². The van der Waals surface area contributed by atoms with Gasteiger partial charge in [0.05, 0.1) is 11.6 Å². The Morgan fingerprint density at radius 1 is 0.952 bits per heavy atom. The molecule has 0 aliphatic rings. The van der Waals surface area contributed by atoms with Crippen molar-refractivity contribution in [1.29, 1.82) is 0 Å². The summed E-state index contributed by atoms with van der Waals surface area (Å²) < 4.78 is 0. The maximum atomic E-state index is 6.07. The molecule has 3 rings (SSSR count). The van der Waals surface area contributed by atoms with Crippen LogP contribution in [0.2, 0.25) is 10.0 Å². The average molecular weight is 318 g/mol. The van der Waals surface area contributed by atoms with Crippen LogP contribution >= 0.6 is 23.2 Å². The Kier molecular flexibility index (Phi) is 4.08. The first-order valence-electron chi connectivity index (χ1n) is 6.44. The topological polar surface area (TPSA) is 50.9 Å². The second-order valence-corrected chi connectivity index (χ2v) is 5.63. The molecule has 106 valence electrons. The van der Waals surface area contributed by atoms with E-state index in [1.165, 1.54) is 0 Å². The van der Waals surface area contributed by atoms with Gasteiger partial charge in [0.25, 0.3) is 0 Å². The summed E-state index contributed by atoms with van der Waals surface area (Å²) in [5.41, 5.74) is 5.70. The van der Waals surface area contributed by atoms with Crippen molar-refractivity contribution < 1.29 is 0 Å². The summed E-state index contributed by atoms with van der Waals surface area (Å²) >= 11 is 12.1. The minimum atomic E-state index is -0.189. The summed E-state index contributed by atoms with van der Waals surface area (Å²) in [4.78, 5) is 4.31. The molecule has 0 aliphatic carbocycles. The van der Waals surface area contributed by atoms with E-state index in [0.29, 0.717) is 10.0 Å². The Balaban J connectivity index is 2.08. The first-order chi connectivity index (χ1) is 10.2. The van der Waals surface area contributed by atoms with Gasteiger partial charge >= 0.3 is 0 Å². The van der Waals surface area contributed by atoms with Crippen LogP contribution in [0.25, 0.3) is 10.9 Å². The van der Waals surface area contributed by atoms with E-state index < -0.39 is 0 Å². The molecule has 1 aromatic heterocycles. The highest BCUT2D eigenvalue weighted by Gasteiger charge is 2.14. The number of nitrogens with zero attached hydrogens (tertiary/aromatic N) is 1. The molecule has 0 fully saturated rings. The number of benzene rings is 2. The van der Waals surface area contributed by atoms with Crippen molar-refractivity contribution in [2.24, 2.45) is 5.84 Å². The molecular formula is C16H13Cl2N3. The van der Waals surface area contributed by atoms with Gasteiger partial charge < -0.3 is 0 Å². The van der Waals surface area contributed by atoms with E-state index in [2.05, 4.69) is 16.5 Å².